The second-order valence-electron chi connectivity index (χ2n) is 5.48. The van der Waals surface area contributed by atoms with Gasteiger partial charge in [0.1, 0.15) is 0 Å². The molecule has 1 heterocycles. The van der Waals surface area contributed by atoms with Crippen LogP contribution in [-0.2, 0) is 4.79 Å². The highest BCUT2D eigenvalue weighted by Gasteiger charge is 2.36. The SMILES string of the molecule is O=C(O)c1ccc(C=C2SC(=O)N(CC(=O)c3ccccc3)C2=O)cc1. The highest BCUT2D eigenvalue weighted by Crippen LogP contribution is 2.32. The van der Waals surface area contributed by atoms with Crippen molar-refractivity contribution >= 4 is 40.7 Å². The molecule has 0 spiro atoms. The first-order valence-electron chi connectivity index (χ1n) is 7.62. The summed E-state index contributed by atoms with van der Waals surface area (Å²) >= 11 is 0.754. The first-order chi connectivity index (χ1) is 12.5. The third-order valence-corrected chi connectivity index (χ3v) is 4.63. The number of carbonyl (C=O) groups excluding carboxylic acids is 3. The molecule has 2 amide bonds. The third kappa shape index (κ3) is 3.73. The van der Waals surface area contributed by atoms with Gasteiger partial charge in [-0.05, 0) is 35.5 Å². The number of ketones is 1. The Morgan fingerprint density at radius 1 is 0.962 bits per heavy atom. The Kier molecular flexibility index (Phi) is 4.99. The van der Waals surface area contributed by atoms with Crippen molar-refractivity contribution in [2.75, 3.05) is 6.54 Å². The zero-order valence-electron chi connectivity index (χ0n) is 13.4. The van der Waals surface area contributed by atoms with E-state index in [1.165, 1.54) is 18.2 Å². The van der Waals surface area contributed by atoms with Crippen LogP contribution in [0.2, 0.25) is 0 Å². The molecule has 6 nitrogen and oxygen atoms in total. The molecule has 2 aromatic carbocycles. The highest BCUT2D eigenvalue weighted by atomic mass is 32.2. The van der Waals surface area contributed by atoms with Gasteiger partial charge in [0, 0.05) is 5.56 Å². The van der Waals surface area contributed by atoms with Gasteiger partial charge in [-0.1, -0.05) is 42.5 Å². The van der Waals surface area contributed by atoms with Crippen LogP contribution < -0.4 is 0 Å². The Hall–Kier alpha value is -3.19. The molecule has 0 saturated carbocycles. The summed E-state index contributed by atoms with van der Waals surface area (Å²) in [7, 11) is 0. The zero-order chi connectivity index (χ0) is 18.7. The Bertz CT molecular complexity index is 919. The normalized spacial score (nSPS) is 15.5. The summed E-state index contributed by atoms with van der Waals surface area (Å²) < 4.78 is 0. The van der Waals surface area contributed by atoms with Crippen molar-refractivity contribution in [3.05, 3.63) is 76.2 Å². The fraction of sp³-hybridized carbons (Fsp3) is 0.0526. The van der Waals surface area contributed by atoms with E-state index in [0.717, 1.165) is 16.7 Å². The summed E-state index contributed by atoms with van der Waals surface area (Å²) in [5.41, 5.74) is 1.15. The molecule has 1 aliphatic rings. The third-order valence-electron chi connectivity index (χ3n) is 3.73. The number of benzene rings is 2. The molecule has 0 unspecified atom stereocenters. The van der Waals surface area contributed by atoms with Crippen LogP contribution in [-0.4, -0.2) is 39.5 Å². The van der Waals surface area contributed by atoms with Crippen molar-refractivity contribution in [3.8, 4) is 0 Å². The van der Waals surface area contributed by atoms with Crippen molar-refractivity contribution in [2.24, 2.45) is 0 Å². The van der Waals surface area contributed by atoms with Gasteiger partial charge < -0.3 is 5.11 Å². The molecule has 130 valence electrons. The number of thioether (sulfide) groups is 1. The molecule has 2 aromatic rings. The number of hydrogen-bond donors (Lipinski definition) is 1. The number of Topliss-reactive ketones (excluding diaryl/α,β-unsaturated/α-hetero) is 1. The first kappa shape index (κ1) is 17.6. The van der Waals surface area contributed by atoms with Crippen LogP contribution in [0.15, 0.2) is 59.5 Å². The molecule has 1 saturated heterocycles. The summed E-state index contributed by atoms with van der Waals surface area (Å²) in [6.07, 6.45) is 1.50. The average Bonchev–Trinajstić information content (AvgIpc) is 2.90. The first-order valence-corrected chi connectivity index (χ1v) is 8.44. The van der Waals surface area contributed by atoms with Gasteiger partial charge in [0.05, 0.1) is 17.0 Å². The number of nitrogens with zero attached hydrogens (tertiary/aromatic N) is 1. The second-order valence-corrected chi connectivity index (χ2v) is 6.48. The molecular formula is C19H13NO5S. The van der Waals surface area contributed by atoms with Crippen LogP contribution in [0, 0.1) is 0 Å². The fourth-order valence-electron chi connectivity index (χ4n) is 2.37. The number of carboxylic acid groups (broad SMARTS) is 1. The van der Waals surface area contributed by atoms with Gasteiger partial charge in [0.25, 0.3) is 11.1 Å². The van der Waals surface area contributed by atoms with Crippen LogP contribution in [0.25, 0.3) is 6.08 Å². The van der Waals surface area contributed by atoms with Crippen LogP contribution in [0.1, 0.15) is 26.3 Å². The number of hydrogen-bond acceptors (Lipinski definition) is 5. The monoisotopic (exact) mass is 367 g/mol. The molecule has 1 N–H and O–H groups in total. The minimum atomic E-state index is -1.05. The lowest BCUT2D eigenvalue weighted by atomic mass is 10.1. The van der Waals surface area contributed by atoms with Crippen LogP contribution in [0.3, 0.4) is 0 Å². The van der Waals surface area contributed by atoms with E-state index in [0.29, 0.717) is 11.1 Å². The van der Waals surface area contributed by atoms with Crippen molar-refractivity contribution in [1.29, 1.82) is 0 Å². The number of imide groups is 1. The molecule has 0 aliphatic carbocycles. The van der Waals surface area contributed by atoms with Crippen molar-refractivity contribution < 1.29 is 24.3 Å². The van der Waals surface area contributed by atoms with Crippen LogP contribution >= 0.6 is 11.8 Å². The minimum Gasteiger partial charge on any atom is -0.478 e. The molecule has 0 bridgehead atoms. The predicted octanol–water partition coefficient (Wildman–Crippen LogP) is 3.30. The maximum atomic E-state index is 12.4. The quantitative estimate of drug-likeness (QED) is 0.644. The molecule has 1 fully saturated rings. The maximum absolute atomic E-state index is 12.4. The average molecular weight is 367 g/mol. The fourth-order valence-corrected chi connectivity index (χ4v) is 3.21. The summed E-state index contributed by atoms with van der Waals surface area (Å²) in [4.78, 5) is 48.7. The van der Waals surface area contributed by atoms with E-state index in [9.17, 15) is 19.2 Å². The van der Waals surface area contributed by atoms with Gasteiger partial charge in [-0.2, -0.15) is 0 Å². The topological polar surface area (TPSA) is 91.8 Å². The van der Waals surface area contributed by atoms with E-state index in [4.69, 9.17) is 5.11 Å². The van der Waals surface area contributed by atoms with Crippen LogP contribution in [0.5, 0.6) is 0 Å². The predicted molar refractivity (Wildman–Crippen MR) is 96.9 cm³/mol. The molecule has 3 rings (SSSR count). The van der Waals surface area contributed by atoms with Gasteiger partial charge in [0.2, 0.25) is 0 Å². The van der Waals surface area contributed by atoms with Gasteiger partial charge in [-0.15, -0.1) is 0 Å². The lowest BCUT2D eigenvalue weighted by Gasteiger charge is -2.11. The standard InChI is InChI=1S/C19H13NO5S/c21-15(13-4-2-1-3-5-13)11-20-17(22)16(26-19(20)25)10-12-6-8-14(9-7-12)18(23)24/h1-10H,11H2,(H,23,24). The smallest absolute Gasteiger partial charge is 0.335 e. The molecule has 0 radical (unpaired) electrons. The van der Waals surface area contributed by atoms with E-state index in [-0.39, 0.29) is 22.8 Å². The van der Waals surface area contributed by atoms with Crippen molar-refractivity contribution in [2.45, 2.75) is 0 Å². The van der Waals surface area contributed by atoms with Gasteiger partial charge in [-0.3, -0.25) is 19.3 Å². The van der Waals surface area contributed by atoms with E-state index in [1.54, 1.807) is 42.5 Å². The summed E-state index contributed by atoms with van der Waals surface area (Å²) in [6.45, 7) is -0.316. The van der Waals surface area contributed by atoms with Gasteiger partial charge in [0.15, 0.2) is 5.78 Å². The van der Waals surface area contributed by atoms with Gasteiger partial charge in [-0.25, -0.2) is 4.79 Å². The van der Waals surface area contributed by atoms with Crippen LogP contribution in [0.4, 0.5) is 4.79 Å². The Morgan fingerprint density at radius 2 is 1.62 bits per heavy atom. The van der Waals surface area contributed by atoms with Crippen molar-refractivity contribution in [1.82, 2.24) is 4.90 Å². The molecule has 26 heavy (non-hydrogen) atoms. The number of amides is 2. The molecule has 0 aromatic heterocycles. The Morgan fingerprint density at radius 3 is 2.23 bits per heavy atom. The zero-order valence-corrected chi connectivity index (χ0v) is 14.2. The number of aromatic carboxylic acids is 1. The lowest BCUT2D eigenvalue weighted by molar-refractivity contribution is -0.122. The second kappa shape index (κ2) is 7.37. The van der Waals surface area contributed by atoms with E-state index >= 15 is 0 Å². The van der Waals surface area contributed by atoms with E-state index in [1.807, 2.05) is 0 Å². The summed E-state index contributed by atoms with van der Waals surface area (Å²) in [6, 6.07) is 14.4. The molecular weight excluding hydrogens is 354 g/mol. The largest absolute Gasteiger partial charge is 0.478 e. The Labute approximate surface area is 153 Å². The van der Waals surface area contributed by atoms with E-state index < -0.39 is 17.1 Å². The lowest BCUT2D eigenvalue weighted by Crippen LogP contribution is -2.33. The van der Waals surface area contributed by atoms with Crippen molar-refractivity contribution in [3.63, 3.8) is 0 Å². The molecule has 7 heteroatoms. The number of carbonyl (C=O) groups is 4. The highest BCUT2D eigenvalue weighted by molar-refractivity contribution is 8.18. The number of carboxylic acids is 1. The maximum Gasteiger partial charge on any atom is 0.335 e. The van der Waals surface area contributed by atoms with Gasteiger partial charge >= 0.3 is 5.97 Å². The summed E-state index contributed by atoms with van der Waals surface area (Å²) in [5, 5.41) is 8.39. The molecule has 0 atom stereocenters. The van der Waals surface area contributed by atoms with E-state index in [2.05, 4.69) is 0 Å². The molecule has 1 aliphatic heterocycles. The minimum absolute atomic E-state index is 0.128. The summed E-state index contributed by atoms with van der Waals surface area (Å²) in [5.74, 6) is -1.90. The Balaban J connectivity index is 1.76. The number of rotatable bonds is 5.